The molecule has 6 nitrogen and oxygen atoms in total. The summed E-state index contributed by atoms with van der Waals surface area (Å²) in [5, 5.41) is 6.70. The summed E-state index contributed by atoms with van der Waals surface area (Å²) in [6.07, 6.45) is 1.63. The molecule has 1 heterocycles. The molecule has 1 aromatic heterocycles. The highest BCUT2D eigenvalue weighted by molar-refractivity contribution is 6.33. The number of aromatic nitrogens is 2. The smallest absolute Gasteiger partial charge is 0.337 e. The second-order valence-corrected chi connectivity index (χ2v) is 5.98. The van der Waals surface area contributed by atoms with Gasteiger partial charge in [0.15, 0.2) is 0 Å². The highest BCUT2D eigenvalue weighted by Crippen LogP contribution is 2.26. The normalized spacial score (nSPS) is 10.3. The standard InChI is InChI=1S/C19H17ClN4O2/c1-12-4-3-5-14(10-12)22-17-8-9-21-19(24-17)23-16-11-13(18(25)26-2)6-7-15(16)20/h3-11H,1-2H3,(H2,21,22,23,24). The monoisotopic (exact) mass is 368 g/mol. The number of anilines is 4. The van der Waals surface area contributed by atoms with Crippen molar-refractivity contribution in [2.45, 2.75) is 6.92 Å². The van der Waals surface area contributed by atoms with Crippen LogP contribution in [0.4, 0.5) is 23.1 Å². The van der Waals surface area contributed by atoms with Gasteiger partial charge < -0.3 is 15.4 Å². The molecule has 0 fully saturated rings. The molecule has 0 aliphatic rings. The SMILES string of the molecule is COC(=O)c1ccc(Cl)c(Nc2nccc(Nc3cccc(C)c3)n2)c1. The van der Waals surface area contributed by atoms with Crippen molar-refractivity contribution in [3.8, 4) is 0 Å². The summed E-state index contributed by atoms with van der Waals surface area (Å²) in [7, 11) is 1.33. The van der Waals surface area contributed by atoms with Crippen molar-refractivity contribution in [1.82, 2.24) is 9.97 Å². The number of methoxy groups -OCH3 is 1. The topological polar surface area (TPSA) is 76.1 Å². The lowest BCUT2D eigenvalue weighted by Gasteiger charge is -2.11. The molecular formula is C19H17ClN4O2. The van der Waals surface area contributed by atoms with Crippen LogP contribution in [0.2, 0.25) is 5.02 Å². The minimum atomic E-state index is -0.444. The Balaban J connectivity index is 1.82. The molecule has 0 spiro atoms. The Bertz CT molecular complexity index is 946. The quantitative estimate of drug-likeness (QED) is 0.635. The second-order valence-electron chi connectivity index (χ2n) is 5.57. The number of rotatable bonds is 5. The van der Waals surface area contributed by atoms with Gasteiger partial charge in [0.1, 0.15) is 5.82 Å². The number of halogens is 1. The van der Waals surface area contributed by atoms with E-state index in [0.29, 0.717) is 28.0 Å². The molecular weight excluding hydrogens is 352 g/mol. The predicted octanol–water partition coefficient (Wildman–Crippen LogP) is 4.71. The van der Waals surface area contributed by atoms with Crippen molar-refractivity contribution in [2.75, 3.05) is 17.7 Å². The maximum Gasteiger partial charge on any atom is 0.337 e. The number of ether oxygens (including phenoxy) is 1. The van der Waals surface area contributed by atoms with Crippen LogP contribution >= 0.6 is 11.6 Å². The molecule has 0 aliphatic heterocycles. The predicted molar refractivity (Wildman–Crippen MR) is 103 cm³/mol. The molecule has 26 heavy (non-hydrogen) atoms. The average Bonchev–Trinajstić information content (AvgIpc) is 2.63. The van der Waals surface area contributed by atoms with E-state index in [4.69, 9.17) is 16.3 Å². The first-order valence-electron chi connectivity index (χ1n) is 7.87. The zero-order chi connectivity index (χ0) is 18.5. The second kappa shape index (κ2) is 7.84. The molecule has 132 valence electrons. The number of carbonyl (C=O) groups is 1. The van der Waals surface area contributed by atoms with E-state index in [9.17, 15) is 4.79 Å². The van der Waals surface area contributed by atoms with E-state index >= 15 is 0 Å². The number of nitrogens with one attached hydrogen (secondary N) is 2. The van der Waals surface area contributed by atoms with Crippen molar-refractivity contribution in [1.29, 1.82) is 0 Å². The fraction of sp³-hybridized carbons (Fsp3) is 0.105. The minimum Gasteiger partial charge on any atom is -0.465 e. The van der Waals surface area contributed by atoms with Crippen LogP contribution < -0.4 is 10.6 Å². The van der Waals surface area contributed by atoms with Crippen LogP contribution in [-0.2, 0) is 4.74 Å². The Morgan fingerprint density at radius 1 is 1.12 bits per heavy atom. The fourth-order valence-electron chi connectivity index (χ4n) is 2.35. The van der Waals surface area contributed by atoms with Crippen molar-refractivity contribution in [2.24, 2.45) is 0 Å². The van der Waals surface area contributed by atoms with Crippen LogP contribution in [0.25, 0.3) is 0 Å². The zero-order valence-corrected chi connectivity index (χ0v) is 15.0. The van der Waals surface area contributed by atoms with Crippen LogP contribution in [0.5, 0.6) is 0 Å². The van der Waals surface area contributed by atoms with E-state index in [0.717, 1.165) is 11.3 Å². The lowest BCUT2D eigenvalue weighted by atomic mass is 10.2. The van der Waals surface area contributed by atoms with Gasteiger partial charge in [-0.2, -0.15) is 4.98 Å². The number of hydrogen-bond acceptors (Lipinski definition) is 6. The van der Waals surface area contributed by atoms with E-state index in [1.165, 1.54) is 7.11 Å². The van der Waals surface area contributed by atoms with Gasteiger partial charge in [0, 0.05) is 11.9 Å². The van der Waals surface area contributed by atoms with E-state index in [2.05, 4.69) is 20.6 Å². The number of benzene rings is 2. The van der Waals surface area contributed by atoms with Crippen LogP contribution in [0.15, 0.2) is 54.7 Å². The minimum absolute atomic E-state index is 0.353. The summed E-state index contributed by atoms with van der Waals surface area (Å²) in [5.74, 6) is 0.542. The molecule has 3 aromatic rings. The molecule has 0 saturated carbocycles. The summed E-state index contributed by atoms with van der Waals surface area (Å²) in [4.78, 5) is 20.3. The number of esters is 1. The largest absolute Gasteiger partial charge is 0.465 e. The molecule has 0 aliphatic carbocycles. The number of hydrogen-bond donors (Lipinski definition) is 2. The van der Waals surface area contributed by atoms with E-state index in [1.807, 2.05) is 31.2 Å². The van der Waals surface area contributed by atoms with Crippen molar-refractivity contribution in [3.63, 3.8) is 0 Å². The third-order valence-corrected chi connectivity index (χ3v) is 3.91. The third kappa shape index (κ3) is 4.29. The van der Waals surface area contributed by atoms with Crippen molar-refractivity contribution in [3.05, 3.63) is 70.9 Å². The average molecular weight is 369 g/mol. The molecule has 2 aromatic carbocycles. The third-order valence-electron chi connectivity index (χ3n) is 3.58. The van der Waals surface area contributed by atoms with Crippen LogP contribution in [0, 0.1) is 6.92 Å². The Labute approximate surface area is 156 Å². The molecule has 7 heteroatoms. The van der Waals surface area contributed by atoms with Gasteiger partial charge in [-0.25, -0.2) is 9.78 Å². The highest BCUT2D eigenvalue weighted by atomic mass is 35.5. The fourth-order valence-corrected chi connectivity index (χ4v) is 2.51. The van der Waals surface area contributed by atoms with E-state index in [1.54, 1.807) is 30.5 Å². The molecule has 0 saturated heterocycles. The summed E-state index contributed by atoms with van der Waals surface area (Å²) in [6, 6.07) is 14.5. The van der Waals surface area contributed by atoms with Gasteiger partial charge in [-0.3, -0.25) is 0 Å². The maximum atomic E-state index is 11.7. The number of carbonyl (C=O) groups excluding carboxylic acids is 1. The van der Waals surface area contributed by atoms with Crippen LogP contribution in [-0.4, -0.2) is 23.0 Å². The van der Waals surface area contributed by atoms with Gasteiger partial charge >= 0.3 is 5.97 Å². The van der Waals surface area contributed by atoms with Gasteiger partial charge in [0.25, 0.3) is 0 Å². The maximum absolute atomic E-state index is 11.7. The Hall–Kier alpha value is -3.12. The molecule has 3 rings (SSSR count). The summed E-state index contributed by atoms with van der Waals surface area (Å²) in [6.45, 7) is 2.02. The lowest BCUT2D eigenvalue weighted by Crippen LogP contribution is -2.04. The first kappa shape index (κ1) is 17.7. The highest BCUT2D eigenvalue weighted by Gasteiger charge is 2.10. The van der Waals surface area contributed by atoms with Gasteiger partial charge in [-0.15, -0.1) is 0 Å². The molecule has 0 amide bonds. The Morgan fingerprint density at radius 2 is 1.96 bits per heavy atom. The number of nitrogens with zero attached hydrogens (tertiary/aromatic N) is 2. The van der Waals surface area contributed by atoms with Gasteiger partial charge in [-0.05, 0) is 48.9 Å². The first-order valence-corrected chi connectivity index (χ1v) is 8.24. The molecule has 0 atom stereocenters. The Morgan fingerprint density at radius 3 is 2.73 bits per heavy atom. The molecule has 0 radical (unpaired) electrons. The van der Waals surface area contributed by atoms with E-state index < -0.39 is 5.97 Å². The summed E-state index contributed by atoms with van der Waals surface area (Å²) >= 11 is 6.20. The van der Waals surface area contributed by atoms with Gasteiger partial charge in [0.2, 0.25) is 5.95 Å². The van der Waals surface area contributed by atoms with Crippen molar-refractivity contribution >= 4 is 40.7 Å². The molecule has 2 N–H and O–H groups in total. The van der Waals surface area contributed by atoms with Crippen LogP contribution in [0.3, 0.4) is 0 Å². The van der Waals surface area contributed by atoms with Gasteiger partial charge in [0.05, 0.1) is 23.4 Å². The van der Waals surface area contributed by atoms with Crippen LogP contribution in [0.1, 0.15) is 15.9 Å². The zero-order valence-electron chi connectivity index (χ0n) is 14.3. The van der Waals surface area contributed by atoms with E-state index in [-0.39, 0.29) is 0 Å². The first-order chi connectivity index (χ1) is 12.5. The molecule has 0 unspecified atom stereocenters. The summed E-state index contributed by atoms with van der Waals surface area (Å²) in [5.41, 5.74) is 2.98. The molecule has 0 bridgehead atoms. The van der Waals surface area contributed by atoms with Gasteiger partial charge in [-0.1, -0.05) is 23.7 Å². The number of aryl methyl sites for hydroxylation is 1. The van der Waals surface area contributed by atoms with Crippen molar-refractivity contribution < 1.29 is 9.53 Å². The summed E-state index contributed by atoms with van der Waals surface area (Å²) < 4.78 is 4.73. The Kier molecular flexibility index (Phi) is 5.34. The lowest BCUT2D eigenvalue weighted by molar-refractivity contribution is 0.0601.